The number of rotatable bonds is 0. The molecule has 0 spiro atoms. The zero-order valence-corrected chi connectivity index (χ0v) is 8.33. The van der Waals surface area contributed by atoms with Crippen molar-refractivity contribution in [3.63, 3.8) is 0 Å². The van der Waals surface area contributed by atoms with Crippen LogP contribution in [0, 0.1) is 19.8 Å². The van der Waals surface area contributed by atoms with Crippen molar-refractivity contribution in [2.45, 2.75) is 35.6 Å². The van der Waals surface area contributed by atoms with Gasteiger partial charge in [-0.2, -0.15) is 12.8 Å². The molecule has 1 heteroatoms. The van der Waals surface area contributed by atoms with Gasteiger partial charge < -0.3 is 13.8 Å². The quantitative estimate of drug-likeness (QED) is 0.600. The molecule has 0 atom stereocenters. The molecule has 0 unspecified atom stereocenters. The predicted octanol–water partition coefficient (Wildman–Crippen LogP) is 3.59. The van der Waals surface area contributed by atoms with Crippen molar-refractivity contribution in [1.29, 1.82) is 0 Å². The van der Waals surface area contributed by atoms with Gasteiger partial charge in [0, 0.05) is 0 Å². The van der Waals surface area contributed by atoms with Gasteiger partial charge in [0.25, 0.3) is 0 Å². The van der Waals surface area contributed by atoms with Crippen molar-refractivity contribution in [2.24, 2.45) is 5.92 Å². The van der Waals surface area contributed by atoms with Crippen LogP contribution in [-0.2, 0) is 21.1 Å². The van der Waals surface area contributed by atoms with Gasteiger partial charge in [-0.3, -0.25) is 0 Å². The molecule has 0 nitrogen and oxygen atoms in total. The maximum Gasteiger partial charge on any atom is 2.00 e. The van der Waals surface area contributed by atoms with Gasteiger partial charge in [-0.1, -0.05) is 28.7 Å². The Hall–Kier alpha value is 0.688. The van der Waals surface area contributed by atoms with Gasteiger partial charge in [-0.25, -0.2) is 0 Å². The van der Waals surface area contributed by atoms with E-state index in [9.17, 15) is 0 Å². The van der Waals surface area contributed by atoms with Crippen molar-refractivity contribution in [1.82, 2.24) is 0 Å². The molecule has 0 aliphatic rings. The van der Waals surface area contributed by atoms with E-state index in [1.165, 1.54) is 0 Å². The summed E-state index contributed by atoms with van der Waals surface area (Å²) in [5.41, 5.74) is 0. The van der Waals surface area contributed by atoms with Gasteiger partial charge in [0.1, 0.15) is 0 Å². The Bertz CT molecular complexity index is 9.28. The van der Waals surface area contributed by atoms with Gasteiger partial charge >= 0.3 is 21.1 Å². The van der Waals surface area contributed by atoms with E-state index in [4.69, 9.17) is 0 Å². The fourth-order valence-corrected chi connectivity index (χ4v) is 0. The van der Waals surface area contributed by atoms with Crippen LogP contribution in [0.25, 0.3) is 0 Å². The Labute approximate surface area is 76.7 Å². The molecule has 0 aliphatic carbocycles. The topological polar surface area (TPSA) is 0 Å². The van der Waals surface area contributed by atoms with Crippen LogP contribution in [0.4, 0.5) is 0 Å². The molecular formula is C8H22W. The van der Waals surface area contributed by atoms with E-state index < -0.39 is 0 Å². The Morgan fingerprint density at radius 1 is 1.00 bits per heavy atom. The molecule has 0 saturated heterocycles. The minimum atomic E-state index is 0. The van der Waals surface area contributed by atoms with Gasteiger partial charge in [-0.05, 0) is 0 Å². The first kappa shape index (κ1) is 33.3. The van der Waals surface area contributed by atoms with E-state index in [2.05, 4.69) is 27.7 Å². The van der Waals surface area contributed by atoms with Crippen LogP contribution in [-0.4, -0.2) is 0 Å². The first-order valence-electron chi connectivity index (χ1n) is 2.27. The third-order valence-electron chi connectivity index (χ3n) is 0. The number of hydrogen-bond donors (Lipinski definition) is 0. The van der Waals surface area contributed by atoms with Crippen LogP contribution in [0.15, 0.2) is 0 Å². The van der Waals surface area contributed by atoms with Gasteiger partial charge in [0.05, 0.1) is 0 Å². The second-order valence-corrected chi connectivity index (χ2v) is 1.39. The normalized spacial score (nSPS) is 4.67. The molecule has 60 valence electrons. The molecule has 0 fully saturated rings. The smallest absolute Gasteiger partial charge is 0.346 e. The Morgan fingerprint density at radius 2 is 1.00 bits per heavy atom. The molecule has 0 rings (SSSR count). The number of hydrogen-bond acceptors (Lipinski definition) is 0. The van der Waals surface area contributed by atoms with Crippen molar-refractivity contribution in [3.8, 4) is 0 Å². The Balaban J connectivity index is -0.00000000990. The monoisotopic (exact) mass is 302 g/mol. The zero-order chi connectivity index (χ0) is 5.58. The summed E-state index contributed by atoms with van der Waals surface area (Å²) in [6, 6.07) is 0. The van der Waals surface area contributed by atoms with Crippen LogP contribution in [0.3, 0.4) is 0 Å². The Kier molecular flexibility index (Phi) is 140. The maximum atomic E-state index is 3.64. The van der Waals surface area contributed by atoms with E-state index in [1.54, 1.807) is 6.92 Å². The van der Waals surface area contributed by atoms with Crippen LogP contribution in [0.2, 0.25) is 0 Å². The van der Waals surface area contributed by atoms with Crippen LogP contribution < -0.4 is 0 Å². The molecule has 0 radical (unpaired) electrons. The van der Waals surface area contributed by atoms with Crippen LogP contribution in [0.5, 0.6) is 0 Å². The van der Waals surface area contributed by atoms with Gasteiger partial charge in [0.15, 0.2) is 0 Å². The molecule has 0 amide bonds. The summed E-state index contributed by atoms with van der Waals surface area (Å²) in [4.78, 5) is 0. The summed E-state index contributed by atoms with van der Waals surface area (Å²) in [6.07, 6.45) is 0. The molecule has 0 aromatic carbocycles. The van der Waals surface area contributed by atoms with Crippen molar-refractivity contribution in [2.75, 3.05) is 0 Å². The van der Waals surface area contributed by atoms with Crippen LogP contribution in [0.1, 0.15) is 35.6 Å². The maximum absolute atomic E-state index is 3.64. The molecule has 0 aliphatic heterocycles. The summed E-state index contributed by atoms with van der Waals surface area (Å²) < 4.78 is 0. The van der Waals surface area contributed by atoms with E-state index in [1.807, 2.05) is 0 Å². The molecule has 0 aromatic heterocycles. The molecule has 0 aromatic rings. The average molecular weight is 302 g/mol. The third kappa shape index (κ3) is 820. The van der Waals surface area contributed by atoms with Crippen LogP contribution >= 0.6 is 0 Å². The molecule has 0 bridgehead atoms. The largest absolute Gasteiger partial charge is 2.00 e. The molecular weight excluding hydrogens is 280 g/mol. The molecule has 0 heterocycles. The van der Waals surface area contributed by atoms with Crippen molar-refractivity contribution < 1.29 is 21.1 Å². The third-order valence-corrected chi connectivity index (χ3v) is 0. The van der Waals surface area contributed by atoms with E-state index >= 15 is 0 Å². The minimum Gasteiger partial charge on any atom is -0.346 e. The summed E-state index contributed by atoms with van der Waals surface area (Å²) in [5.74, 6) is 0.583. The zero-order valence-electron chi connectivity index (χ0n) is 5.40. The minimum absolute atomic E-state index is 0. The fraction of sp³-hybridized carbons (Fsp3) is 0.750. The summed E-state index contributed by atoms with van der Waals surface area (Å²) in [7, 11) is 0. The average Bonchev–Trinajstić information content (AvgIpc) is 1.41. The van der Waals surface area contributed by atoms with Crippen molar-refractivity contribution >= 4 is 0 Å². The molecule has 0 saturated carbocycles. The van der Waals surface area contributed by atoms with Crippen molar-refractivity contribution in [3.05, 3.63) is 13.8 Å². The summed E-state index contributed by atoms with van der Waals surface area (Å²) in [6.45, 7) is 12.8. The second kappa shape index (κ2) is 37.8. The molecule has 9 heavy (non-hydrogen) atoms. The van der Waals surface area contributed by atoms with Gasteiger partial charge in [0.2, 0.25) is 0 Å². The fourth-order valence-electron chi connectivity index (χ4n) is 0. The van der Waals surface area contributed by atoms with E-state index in [0.29, 0.717) is 5.92 Å². The Morgan fingerprint density at radius 3 is 1.00 bits per heavy atom. The molecule has 0 N–H and O–H groups in total. The summed E-state index contributed by atoms with van der Waals surface area (Å²) in [5, 5.41) is 0. The first-order valence-corrected chi connectivity index (χ1v) is 2.27. The standard InChI is InChI=1S/C4H9.C2H5.2CH4.W/c1-4(2)3;1-2;;;/h4H,1H2,2-3H3;1H2,2H3;2*1H4;/q2*-1;;;+2. The van der Waals surface area contributed by atoms with E-state index in [-0.39, 0.29) is 35.9 Å². The predicted molar refractivity (Wildman–Crippen MR) is 44.7 cm³/mol. The SMILES string of the molecule is C.C.[CH2-]C.[CH2-]C(C)C.[W+2]. The van der Waals surface area contributed by atoms with Gasteiger partial charge in [-0.15, -0.1) is 0 Å². The first-order chi connectivity index (χ1) is 2.73. The second-order valence-electron chi connectivity index (χ2n) is 1.39. The summed E-state index contributed by atoms with van der Waals surface area (Å²) >= 11 is 0. The van der Waals surface area contributed by atoms with E-state index in [0.717, 1.165) is 0 Å².